The monoisotopic (exact) mass is 885 g/mol. The minimum atomic E-state index is -1.22. The van der Waals surface area contributed by atoms with Crippen molar-refractivity contribution in [3.05, 3.63) is 101 Å². The fourth-order valence-corrected chi connectivity index (χ4v) is 8.27. The summed E-state index contributed by atoms with van der Waals surface area (Å²) < 4.78 is 12.3. The lowest BCUT2D eigenvalue weighted by Gasteiger charge is -2.32. The first kappa shape index (κ1) is 49.7. The SMILES string of the molecule is Cc1nc(-c2ccc(CC(C)C)cc2)ccc1C(=O)C[C@@H](CCN)C(=O)N(C)[C@@H]1C(=O)C[C@@H](C)C(=O)N[C@H](C(=O)CCC#N)Cc2ccc(OCCN)c(c2)-c2cc1ccc2OCCN. The van der Waals surface area contributed by atoms with E-state index in [-0.39, 0.29) is 82.9 Å². The highest BCUT2D eigenvalue weighted by atomic mass is 16.5. The summed E-state index contributed by atoms with van der Waals surface area (Å²) in [7, 11) is 1.51. The summed E-state index contributed by atoms with van der Waals surface area (Å²) in [5.74, 6) is -2.49. The van der Waals surface area contributed by atoms with Gasteiger partial charge in [-0.2, -0.15) is 5.26 Å². The molecule has 4 atom stereocenters. The van der Waals surface area contributed by atoms with Crippen LogP contribution in [0.3, 0.4) is 0 Å². The molecule has 4 aromatic rings. The third-order valence-corrected chi connectivity index (χ3v) is 11.6. The molecule has 1 aliphatic heterocycles. The van der Waals surface area contributed by atoms with Crippen molar-refractivity contribution in [2.24, 2.45) is 35.0 Å². The van der Waals surface area contributed by atoms with Crippen LogP contribution in [0.25, 0.3) is 22.4 Å². The van der Waals surface area contributed by atoms with Gasteiger partial charge in [-0.3, -0.25) is 29.0 Å². The number of carbonyl (C=O) groups is 5. The van der Waals surface area contributed by atoms with Crippen molar-refractivity contribution in [1.82, 2.24) is 15.2 Å². The molecule has 14 nitrogen and oxygen atoms in total. The number of nitrogens with one attached hydrogen (secondary N) is 1. The van der Waals surface area contributed by atoms with E-state index < -0.39 is 41.5 Å². The molecule has 14 heteroatoms. The number of likely N-dealkylation sites (N-methyl/N-ethyl adjacent to an activating group) is 1. The lowest BCUT2D eigenvalue weighted by molar-refractivity contribution is -0.142. The maximum atomic E-state index is 14.7. The summed E-state index contributed by atoms with van der Waals surface area (Å²) in [5, 5.41) is 12.1. The number of amides is 2. The second kappa shape index (κ2) is 23.6. The Hall–Kier alpha value is -6.27. The average Bonchev–Trinajstić information content (AvgIpc) is 3.28. The molecule has 65 heavy (non-hydrogen) atoms. The number of hydrogen-bond acceptors (Lipinski definition) is 12. The molecule has 0 unspecified atom stereocenters. The third-order valence-electron chi connectivity index (χ3n) is 11.6. The van der Waals surface area contributed by atoms with Crippen molar-refractivity contribution in [2.75, 3.05) is 39.9 Å². The molecule has 7 N–H and O–H groups in total. The zero-order valence-electron chi connectivity index (χ0n) is 38.2. The van der Waals surface area contributed by atoms with Crippen LogP contribution in [-0.2, 0) is 32.0 Å². The molecule has 0 aliphatic carbocycles. The van der Waals surface area contributed by atoms with Gasteiger partial charge in [0.15, 0.2) is 17.3 Å². The number of hydrogen-bond donors (Lipinski definition) is 4. The molecule has 4 bridgehead atoms. The van der Waals surface area contributed by atoms with Crippen molar-refractivity contribution >= 4 is 29.2 Å². The zero-order chi connectivity index (χ0) is 47.2. The van der Waals surface area contributed by atoms with E-state index in [0.717, 1.165) is 17.7 Å². The van der Waals surface area contributed by atoms with Gasteiger partial charge in [0.25, 0.3) is 0 Å². The highest BCUT2D eigenvalue weighted by Gasteiger charge is 2.36. The average molecular weight is 886 g/mol. The van der Waals surface area contributed by atoms with Crippen LogP contribution >= 0.6 is 0 Å². The van der Waals surface area contributed by atoms with E-state index in [1.54, 1.807) is 56.3 Å². The number of nitrogens with zero attached hydrogens (tertiary/aromatic N) is 3. The van der Waals surface area contributed by atoms with E-state index in [9.17, 15) is 29.2 Å². The Balaban J connectivity index is 1.55. The molecule has 5 rings (SSSR count). The zero-order valence-corrected chi connectivity index (χ0v) is 38.2. The minimum Gasteiger partial charge on any atom is -0.492 e. The molecule has 1 aromatic heterocycles. The van der Waals surface area contributed by atoms with Crippen molar-refractivity contribution in [2.45, 2.75) is 84.7 Å². The number of aromatic nitrogens is 1. The van der Waals surface area contributed by atoms with E-state index in [2.05, 4.69) is 31.3 Å². The van der Waals surface area contributed by atoms with E-state index in [0.29, 0.717) is 50.9 Å². The maximum Gasteiger partial charge on any atom is 0.226 e. The lowest BCUT2D eigenvalue weighted by atomic mass is 9.88. The van der Waals surface area contributed by atoms with Crippen molar-refractivity contribution < 1.29 is 33.4 Å². The molecule has 0 saturated heterocycles. The van der Waals surface area contributed by atoms with Gasteiger partial charge in [0.1, 0.15) is 30.8 Å². The Morgan fingerprint density at radius 3 is 2.17 bits per heavy atom. The van der Waals surface area contributed by atoms with Gasteiger partial charge >= 0.3 is 0 Å². The number of aryl methyl sites for hydroxylation is 1. The number of pyridine rings is 1. The van der Waals surface area contributed by atoms with Crippen LogP contribution in [0.1, 0.15) is 91.7 Å². The molecule has 344 valence electrons. The summed E-state index contributed by atoms with van der Waals surface area (Å²) in [6, 6.07) is 22.1. The highest BCUT2D eigenvalue weighted by Crippen LogP contribution is 2.41. The summed E-state index contributed by atoms with van der Waals surface area (Å²) in [5.41, 5.74) is 23.8. The first-order valence-electron chi connectivity index (χ1n) is 22.4. The van der Waals surface area contributed by atoms with Gasteiger partial charge in [-0.1, -0.05) is 57.2 Å². The highest BCUT2D eigenvalue weighted by molar-refractivity contribution is 6.01. The number of rotatable bonds is 19. The smallest absolute Gasteiger partial charge is 0.226 e. The summed E-state index contributed by atoms with van der Waals surface area (Å²) >= 11 is 0. The Morgan fingerprint density at radius 1 is 0.892 bits per heavy atom. The quantitative estimate of drug-likeness (QED) is 0.0813. The van der Waals surface area contributed by atoms with E-state index >= 15 is 0 Å². The van der Waals surface area contributed by atoms with Gasteiger partial charge < -0.3 is 36.9 Å². The number of fused-ring (bicyclic) bond motifs is 5. The maximum absolute atomic E-state index is 14.7. The molecule has 0 radical (unpaired) electrons. The number of benzene rings is 3. The van der Waals surface area contributed by atoms with Crippen LogP contribution in [0.2, 0.25) is 0 Å². The van der Waals surface area contributed by atoms with Gasteiger partial charge in [-0.05, 0) is 91.7 Å². The predicted molar refractivity (Wildman–Crippen MR) is 250 cm³/mol. The van der Waals surface area contributed by atoms with Gasteiger partial charge in [0.05, 0.1) is 17.8 Å². The molecule has 3 aromatic carbocycles. The molecule has 0 fully saturated rings. The fraction of sp³-hybridized carbons (Fsp3) is 0.431. The molecule has 2 heterocycles. The topological polar surface area (TPSA) is 234 Å². The summed E-state index contributed by atoms with van der Waals surface area (Å²) in [6.07, 6.45) is 0.660. The van der Waals surface area contributed by atoms with E-state index in [4.69, 9.17) is 31.7 Å². The van der Waals surface area contributed by atoms with Crippen LogP contribution in [0, 0.1) is 36.0 Å². The Bertz CT molecular complexity index is 2380. The standard InChI is InChI=1S/C51H63N7O7/c1-31(2)25-34-8-11-36(12-9-34)42-15-14-39(33(4)56-42)45(60)30-38(18-20-53)51(63)58(5)49-37-13-17-48(65-24-22-55)41(29-37)40-27-35(10-16-47(40)64-23-21-54)28-43(44(59)7-6-19-52)57-50(62)32(3)26-46(49)61/h8-17,27,29,31-32,38,43,49H,6-7,18,20-26,28,30,53-55H2,1-5H3,(H,57,62)/t32-,38-,43+,49+/m1/s1. The van der Waals surface area contributed by atoms with Crippen LogP contribution in [0.5, 0.6) is 11.5 Å². The lowest BCUT2D eigenvalue weighted by Crippen LogP contribution is -2.46. The number of carbonyl (C=O) groups excluding carboxylic acids is 5. The number of nitrogens with two attached hydrogens (primary N) is 3. The number of nitriles is 1. The fourth-order valence-electron chi connectivity index (χ4n) is 8.27. The van der Waals surface area contributed by atoms with Crippen molar-refractivity contribution in [3.63, 3.8) is 0 Å². The van der Waals surface area contributed by atoms with Crippen LogP contribution in [0.4, 0.5) is 0 Å². The third kappa shape index (κ3) is 12.9. The molecule has 2 amide bonds. The molecular formula is C51H63N7O7. The number of Topliss-reactive ketones (excluding diaryl/α,β-unsaturated/α-hetero) is 3. The first-order valence-corrected chi connectivity index (χ1v) is 22.4. The molecule has 0 spiro atoms. The van der Waals surface area contributed by atoms with Crippen LogP contribution in [0.15, 0.2) is 72.8 Å². The predicted octanol–water partition coefficient (Wildman–Crippen LogP) is 5.84. The van der Waals surface area contributed by atoms with Crippen molar-refractivity contribution in [1.29, 1.82) is 5.26 Å². The van der Waals surface area contributed by atoms with Crippen LogP contribution in [-0.4, -0.2) is 85.0 Å². The number of ketones is 3. The Kier molecular flexibility index (Phi) is 18.1. The second-order valence-electron chi connectivity index (χ2n) is 17.2. The van der Waals surface area contributed by atoms with Gasteiger partial charge in [0, 0.05) is 85.6 Å². The normalized spacial score (nSPS) is 16.8. The molecule has 0 saturated carbocycles. The van der Waals surface area contributed by atoms with Gasteiger partial charge in [0.2, 0.25) is 11.8 Å². The second-order valence-corrected chi connectivity index (χ2v) is 17.2. The minimum absolute atomic E-state index is 0.0275. The van der Waals surface area contributed by atoms with Gasteiger partial charge in [-0.25, -0.2) is 0 Å². The number of ether oxygens (including phenoxy) is 2. The van der Waals surface area contributed by atoms with E-state index in [1.807, 2.05) is 24.3 Å². The summed E-state index contributed by atoms with van der Waals surface area (Å²) in [4.78, 5) is 76.9. The van der Waals surface area contributed by atoms with Gasteiger partial charge in [-0.15, -0.1) is 0 Å². The molecular weight excluding hydrogens is 823 g/mol. The first-order chi connectivity index (χ1) is 31.2. The Labute approximate surface area is 382 Å². The van der Waals surface area contributed by atoms with E-state index in [1.165, 1.54) is 17.5 Å². The molecule has 1 aliphatic rings. The van der Waals surface area contributed by atoms with Crippen LogP contribution < -0.4 is 32.0 Å². The van der Waals surface area contributed by atoms with Crippen molar-refractivity contribution in [3.8, 4) is 40.0 Å². The largest absolute Gasteiger partial charge is 0.492 e. The summed E-state index contributed by atoms with van der Waals surface area (Å²) in [6.45, 7) is 8.60. The Morgan fingerprint density at radius 2 is 1.55 bits per heavy atom.